The van der Waals surface area contributed by atoms with Crippen LogP contribution in [0, 0.1) is 5.92 Å². The zero-order chi connectivity index (χ0) is 22.0. The Balaban J connectivity index is 2.80. The fraction of sp³-hybridized carbons (Fsp3) is 0.474. The van der Waals surface area contributed by atoms with Crippen molar-refractivity contribution in [2.75, 3.05) is 0 Å². The van der Waals surface area contributed by atoms with Crippen molar-refractivity contribution in [2.45, 2.75) is 51.7 Å². The molecule has 0 saturated carbocycles. The number of rotatable bonds is 10. The average Bonchev–Trinajstić information content (AvgIpc) is 2.70. The van der Waals surface area contributed by atoms with Crippen LogP contribution < -0.4 is 27.2 Å². The highest BCUT2D eigenvalue weighted by atomic mass is 16.4. The molecular weight excluding hydrogens is 378 g/mol. The maximum Gasteiger partial charge on any atom is 0.405 e. The van der Waals surface area contributed by atoms with Gasteiger partial charge in [0.25, 0.3) is 5.91 Å². The van der Waals surface area contributed by atoms with E-state index in [0.717, 1.165) is 5.56 Å². The molecule has 10 nitrogen and oxygen atoms in total. The molecule has 0 aliphatic heterocycles. The van der Waals surface area contributed by atoms with E-state index in [1.807, 2.05) is 12.3 Å². The standard InChI is InChI=1S/C19H29N5O5/c1-4-11(2)15(18(27)24-20)23-16(25)12(3)21-17(26)14(22-19(28)29)10-13-8-6-5-7-9-13/h5-9,11-12,14-15,22H,4,10,20H2,1-3H3,(H,21,26)(H,23,25)(H,24,27)(H,28,29)/t11-,12+,14-,15-/m0/s1. The molecule has 7 N–H and O–H groups in total. The van der Waals surface area contributed by atoms with Gasteiger partial charge in [-0.05, 0) is 18.4 Å². The van der Waals surface area contributed by atoms with Crippen molar-refractivity contribution >= 4 is 23.8 Å². The van der Waals surface area contributed by atoms with Crippen LogP contribution in [0.1, 0.15) is 32.8 Å². The molecule has 0 saturated heterocycles. The van der Waals surface area contributed by atoms with Crippen LogP contribution in [0.25, 0.3) is 0 Å². The summed E-state index contributed by atoms with van der Waals surface area (Å²) in [7, 11) is 0. The highest BCUT2D eigenvalue weighted by Gasteiger charge is 2.29. The van der Waals surface area contributed by atoms with Crippen LogP contribution in [-0.2, 0) is 20.8 Å². The van der Waals surface area contributed by atoms with Gasteiger partial charge in [0, 0.05) is 6.42 Å². The first-order valence-electron chi connectivity index (χ1n) is 9.34. The lowest BCUT2D eigenvalue weighted by atomic mass is 9.98. The number of carbonyl (C=O) groups excluding carboxylic acids is 3. The van der Waals surface area contributed by atoms with Gasteiger partial charge in [-0.1, -0.05) is 50.6 Å². The highest BCUT2D eigenvalue weighted by molar-refractivity contribution is 5.93. The molecule has 0 spiro atoms. The third-order valence-corrected chi connectivity index (χ3v) is 4.58. The summed E-state index contributed by atoms with van der Waals surface area (Å²) in [6.45, 7) is 5.10. The number of carbonyl (C=O) groups is 4. The fourth-order valence-corrected chi connectivity index (χ4v) is 2.66. The number of carboxylic acid groups (broad SMARTS) is 1. The van der Waals surface area contributed by atoms with Gasteiger partial charge in [0.2, 0.25) is 11.8 Å². The molecule has 0 fully saturated rings. The SMILES string of the molecule is CC[C@H](C)[C@H](NC(=O)[C@@H](C)NC(=O)[C@H](Cc1ccccc1)NC(=O)O)C(=O)NN. The zero-order valence-electron chi connectivity index (χ0n) is 16.8. The Morgan fingerprint density at radius 3 is 2.10 bits per heavy atom. The molecule has 0 radical (unpaired) electrons. The Morgan fingerprint density at radius 1 is 0.966 bits per heavy atom. The van der Waals surface area contributed by atoms with Gasteiger partial charge in [0.05, 0.1) is 0 Å². The van der Waals surface area contributed by atoms with Crippen molar-refractivity contribution in [3.05, 3.63) is 35.9 Å². The first-order chi connectivity index (χ1) is 13.7. The third kappa shape index (κ3) is 7.78. The van der Waals surface area contributed by atoms with E-state index in [0.29, 0.717) is 6.42 Å². The predicted molar refractivity (Wildman–Crippen MR) is 106 cm³/mol. The van der Waals surface area contributed by atoms with E-state index < -0.39 is 41.9 Å². The molecular formula is C19H29N5O5. The predicted octanol–water partition coefficient (Wildman–Crippen LogP) is -0.109. The van der Waals surface area contributed by atoms with E-state index in [1.54, 1.807) is 37.3 Å². The van der Waals surface area contributed by atoms with E-state index >= 15 is 0 Å². The van der Waals surface area contributed by atoms with Gasteiger partial charge >= 0.3 is 6.09 Å². The lowest BCUT2D eigenvalue weighted by Gasteiger charge is -2.25. The Hall–Kier alpha value is -3.14. The molecule has 10 heteroatoms. The summed E-state index contributed by atoms with van der Waals surface area (Å²) >= 11 is 0. The topological polar surface area (TPSA) is 163 Å². The van der Waals surface area contributed by atoms with Gasteiger partial charge in [-0.25, -0.2) is 10.6 Å². The van der Waals surface area contributed by atoms with Crippen LogP contribution >= 0.6 is 0 Å². The van der Waals surface area contributed by atoms with Crippen LogP contribution in [0.15, 0.2) is 30.3 Å². The second kappa shape index (κ2) is 11.6. The number of nitrogens with two attached hydrogens (primary N) is 1. The van der Waals surface area contributed by atoms with E-state index in [-0.39, 0.29) is 12.3 Å². The number of nitrogens with one attached hydrogen (secondary N) is 4. The molecule has 0 bridgehead atoms. The summed E-state index contributed by atoms with van der Waals surface area (Å²) in [6, 6.07) is 5.97. The van der Waals surface area contributed by atoms with Crippen molar-refractivity contribution in [1.82, 2.24) is 21.4 Å². The second-order valence-corrected chi connectivity index (χ2v) is 6.80. The van der Waals surface area contributed by atoms with Gasteiger partial charge < -0.3 is 21.1 Å². The van der Waals surface area contributed by atoms with Crippen LogP contribution in [-0.4, -0.2) is 47.0 Å². The lowest BCUT2D eigenvalue weighted by molar-refractivity contribution is -0.133. The molecule has 1 aromatic carbocycles. The molecule has 1 aromatic rings. The minimum atomic E-state index is -1.35. The van der Waals surface area contributed by atoms with Crippen molar-refractivity contribution in [3.63, 3.8) is 0 Å². The van der Waals surface area contributed by atoms with Crippen molar-refractivity contribution < 1.29 is 24.3 Å². The average molecular weight is 407 g/mol. The molecule has 0 aliphatic carbocycles. The molecule has 0 aromatic heterocycles. The largest absolute Gasteiger partial charge is 0.465 e. The van der Waals surface area contributed by atoms with E-state index in [2.05, 4.69) is 16.0 Å². The first kappa shape index (κ1) is 23.9. The molecule has 4 atom stereocenters. The summed E-state index contributed by atoms with van der Waals surface area (Å²) in [5, 5.41) is 16.2. The quantitative estimate of drug-likeness (QED) is 0.180. The van der Waals surface area contributed by atoms with Gasteiger partial charge in [0.1, 0.15) is 18.1 Å². The zero-order valence-corrected chi connectivity index (χ0v) is 16.8. The van der Waals surface area contributed by atoms with E-state index in [9.17, 15) is 19.2 Å². The van der Waals surface area contributed by atoms with Crippen LogP contribution in [0.4, 0.5) is 4.79 Å². The summed E-state index contributed by atoms with van der Waals surface area (Å²) < 4.78 is 0. The first-order valence-corrected chi connectivity index (χ1v) is 9.34. The molecule has 4 amide bonds. The monoisotopic (exact) mass is 407 g/mol. The molecule has 0 aliphatic rings. The van der Waals surface area contributed by atoms with Crippen LogP contribution in [0.2, 0.25) is 0 Å². The number of hydrogen-bond acceptors (Lipinski definition) is 5. The number of hydrazine groups is 1. The number of hydrogen-bond donors (Lipinski definition) is 6. The Labute approximate surface area is 169 Å². The molecule has 160 valence electrons. The normalized spacial score (nSPS) is 14.6. The Bertz CT molecular complexity index is 712. The Morgan fingerprint density at radius 2 is 1.59 bits per heavy atom. The lowest BCUT2D eigenvalue weighted by Crippen LogP contribution is -2.58. The minimum Gasteiger partial charge on any atom is -0.465 e. The van der Waals surface area contributed by atoms with Gasteiger partial charge in [-0.15, -0.1) is 0 Å². The molecule has 0 unspecified atom stereocenters. The number of benzene rings is 1. The minimum absolute atomic E-state index is 0.123. The van der Waals surface area contributed by atoms with Crippen LogP contribution in [0.5, 0.6) is 0 Å². The Kier molecular flexibility index (Phi) is 9.60. The summed E-state index contributed by atoms with van der Waals surface area (Å²) in [4.78, 5) is 48.0. The van der Waals surface area contributed by atoms with Crippen molar-refractivity contribution in [3.8, 4) is 0 Å². The van der Waals surface area contributed by atoms with Gasteiger partial charge in [-0.3, -0.25) is 19.8 Å². The van der Waals surface area contributed by atoms with Gasteiger partial charge in [0.15, 0.2) is 0 Å². The highest BCUT2D eigenvalue weighted by Crippen LogP contribution is 2.08. The second-order valence-electron chi connectivity index (χ2n) is 6.80. The maximum absolute atomic E-state index is 12.5. The fourth-order valence-electron chi connectivity index (χ4n) is 2.66. The maximum atomic E-state index is 12.5. The smallest absolute Gasteiger partial charge is 0.405 e. The number of amides is 4. The summed E-state index contributed by atoms with van der Waals surface area (Å²) in [6.07, 6.45) is -0.603. The third-order valence-electron chi connectivity index (χ3n) is 4.58. The van der Waals surface area contributed by atoms with Crippen molar-refractivity contribution in [1.29, 1.82) is 0 Å². The van der Waals surface area contributed by atoms with E-state index in [1.165, 1.54) is 6.92 Å². The van der Waals surface area contributed by atoms with Crippen molar-refractivity contribution in [2.24, 2.45) is 11.8 Å². The summed E-state index contributed by atoms with van der Waals surface area (Å²) in [5.41, 5.74) is 2.78. The molecule has 0 heterocycles. The molecule has 29 heavy (non-hydrogen) atoms. The molecule has 1 rings (SSSR count). The summed E-state index contributed by atoms with van der Waals surface area (Å²) in [5.74, 6) is 3.22. The van der Waals surface area contributed by atoms with E-state index in [4.69, 9.17) is 10.9 Å². The van der Waals surface area contributed by atoms with Gasteiger partial charge in [-0.2, -0.15) is 0 Å². The van der Waals surface area contributed by atoms with Crippen LogP contribution in [0.3, 0.4) is 0 Å².